The smallest absolute Gasteiger partial charge is 0.151 e. The first-order chi connectivity index (χ1) is 8.60. The maximum absolute atomic E-state index is 13.2. The molecule has 1 saturated heterocycles. The lowest BCUT2D eigenvalue weighted by atomic mass is 10.1. The first-order valence-electron chi connectivity index (χ1n) is 6.31. The van der Waals surface area contributed by atoms with Crippen molar-refractivity contribution in [2.45, 2.75) is 13.3 Å². The van der Waals surface area contributed by atoms with E-state index in [0.717, 1.165) is 32.1 Å². The van der Waals surface area contributed by atoms with Gasteiger partial charge >= 0.3 is 0 Å². The predicted octanol–water partition coefficient (Wildman–Crippen LogP) is 2.30. The van der Waals surface area contributed by atoms with Gasteiger partial charge < -0.3 is 16.0 Å². The Labute approximate surface area is 106 Å². The van der Waals surface area contributed by atoms with E-state index in [1.807, 2.05) is 0 Å². The number of nitrogens with zero attached hydrogens (tertiary/aromatic N) is 1. The van der Waals surface area contributed by atoms with Gasteiger partial charge in [0, 0.05) is 19.2 Å². The van der Waals surface area contributed by atoms with Crippen LogP contribution in [0.15, 0.2) is 12.1 Å². The molecule has 0 saturated carbocycles. The molecule has 2 rings (SSSR count). The maximum Gasteiger partial charge on any atom is 0.151 e. The minimum absolute atomic E-state index is 0.0123. The number of rotatable bonds is 4. The Morgan fingerprint density at radius 3 is 2.89 bits per heavy atom. The number of hydrogen-bond acceptors (Lipinski definition) is 3. The van der Waals surface area contributed by atoms with Crippen LogP contribution in [0.3, 0.4) is 0 Å². The van der Waals surface area contributed by atoms with Crippen molar-refractivity contribution in [2.24, 2.45) is 5.92 Å². The number of nitrogens with one attached hydrogen (secondary N) is 1. The van der Waals surface area contributed by atoms with Gasteiger partial charge in [-0.1, -0.05) is 6.92 Å². The molecular formula is C13H19F2N3. The van der Waals surface area contributed by atoms with Crippen molar-refractivity contribution < 1.29 is 8.78 Å². The molecule has 1 atom stereocenters. The Bertz CT molecular complexity index is 423. The van der Waals surface area contributed by atoms with E-state index in [9.17, 15) is 8.78 Å². The number of likely N-dealkylation sites (tertiary alicyclic amines) is 1. The van der Waals surface area contributed by atoms with Gasteiger partial charge in [-0.2, -0.15) is 0 Å². The summed E-state index contributed by atoms with van der Waals surface area (Å²) < 4.78 is 26.3. The molecule has 1 aromatic rings. The lowest BCUT2D eigenvalue weighted by Crippen LogP contribution is -2.22. The van der Waals surface area contributed by atoms with Crippen molar-refractivity contribution in [3.8, 4) is 0 Å². The summed E-state index contributed by atoms with van der Waals surface area (Å²) in [5.74, 6) is -0.805. The number of halogens is 2. The van der Waals surface area contributed by atoms with Gasteiger partial charge in [0.05, 0.1) is 11.4 Å². The van der Waals surface area contributed by atoms with Gasteiger partial charge in [0.2, 0.25) is 0 Å². The molecule has 100 valence electrons. The first kappa shape index (κ1) is 13.1. The van der Waals surface area contributed by atoms with E-state index >= 15 is 0 Å². The molecular weight excluding hydrogens is 236 g/mol. The highest BCUT2D eigenvalue weighted by molar-refractivity contribution is 5.66. The SMILES string of the molecule is CCN1CCC(CNc2cc(F)cc(F)c2N)C1. The molecule has 1 fully saturated rings. The highest BCUT2D eigenvalue weighted by atomic mass is 19.1. The van der Waals surface area contributed by atoms with Gasteiger partial charge in [-0.25, -0.2) is 8.78 Å². The summed E-state index contributed by atoms with van der Waals surface area (Å²) >= 11 is 0. The zero-order chi connectivity index (χ0) is 13.1. The number of nitrogens with two attached hydrogens (primary N) is 1. The first-order valence-corrected chi connectivity index (χ1v) is 6.31. The summed E-state index contributed by atoms with van der Waals surface area (Å²) in [7, 11) is 0. The highest BCUT2D eigenvalue weighted by Gasteiger charge is 2.21. The van der Waals surface area contributed by atoms with Crippen molar-refractivity contribution in [1.82, 2.24) is 4.90 Å². The molecule has 1 aliphatic heterocycles. The van der Waals surface area contributed by atoms with Crippen LogP contribution >= 0.6 is 0 Å². The van der Waals surface area contributed by atoms with Gasteiger partial charge in [0.1, 0.15) is 5.82 Å². The van der Waals surface area contributed by atoms with Crippen molar-refractivity contribution in [2.75, 3.05) is 37.2 Å². The molecule has 1 heterocycles. The quantitative estimate of drug-likeness (QED) is 0.811. The van der Waals surface area contributed by atoms with Gasteiger partial charge in [0.15, 0.2) is 5.82 Å². The van der Waals surface area contributed by atoms with Crippen LogP contribution in [-0.4, -0.2) is 31.1 Å². The third-order valence-electron chi connectivity index (χ3n) is 3.49. The van der Waals surface area contributed by atoms with Crippen LogP contribution in [-0.2, 0) is 0 Å². The molecule has 0 aromatic heterocycles. The van der Waals surface area contributed by atoms with Gasteiger partial charge in [-0.15, -0.1) is 0 Å². The highest BCUT2D eigenvalue weighted by Crippen LogP contribution is 2.24. The van der Waals surface area contributed by atoms with Crippen molar-refractivity contribution >= 4 is 11.4 Å². The summed E-state index contributed by atoms with van der Waals surface area (Å²) in [4.78, 5) is 2.36. The molecule has 0 spiro atoms. The average molecular weight is 255 g/mol. The number of benzene rings is 1. The molecule has 0 bridgehead atoms. The minimum atomic E-state index is -0.709. The minimum Gasteiger partial charge on any atom is -0.395 e. The fraction of sp³-hybridized carbons (Fsp3) is 0.538. The van der Waals surface area contributed by atoms with E-state index in [0.29, 0.717) is 18.2 Å². The molecule has 0 radical (unpaired) electrons. The fourth-order valence-electron chi connectivity index (χ4n) is 2.35. The summed E-state index contributed by atoms with van der Waals surface area (Å²) in [6.07, 6.45) is 1.11. The summed E-state index contributed by atoms with van der Waals surface area (Å²) in [6, 6.07) is 2.04. The van der Waals surface area contributed by atoms with Gasteiger partial charge in [0.25, 0.3) is 0 Å². The molecule has 0 aliphatic carbocycles. The Morgan fingerprint density at radius 2 is 2.22 bits per heavy atom. The Morgan fingerprint density at radius 1 is 1.44 bits per heavy atom. The zero-order valence-corrected chi connectivity index (χ0v) is 10.5. The van der Waals surface area contributed by atoms with E-state index in [1.165, 1.54) is 6.07 Å². The second-order valence-electron chi connectivity index (χ2n) is 4.78. The molecule has 1 aliphatic rings. The van der Waals surface area contributed by atoms with Crippen LogP contribution < -0.4 is 11.1 Å². The van der Waals surface area contributed by atoms with Crippen LogP contribution in [0.5, 0.6) is 0 Å². The molecule has 18 heavy (non-hydrogen) atoms. The van der Waals surface area contributed by atoms with Crippen LogP contribution in [0.1, 0.15) is 13.3 Å². The average Bonchev–Trinajstić information content (AvgIpc) is 2.80. The summed E-state index contributed by atoms with van der Waals surface area (Å²) in [6.45, 7) is 6.00. The van der Waals surface area contributed by atoms with E-state index < -0.39 is 11.6 Å². The molecule has 0 amide bonds. The largest absolute Gasteiger partial charge is 0.395 e. The normalized spacial score (nSPS) is 20.3. The third kappa shape index (κ3) is 2.90. The molecule has 3 nitrogen and oxygen atoms in total. The summed E-state index contributed by atoms with van der Waals surface area (Å²) in [5, 5.41) is 3.05. The zero-order valence-electron chi connectivity index (χ0n) is 10.5. The topological polar surface area (TPSA) is 41.3 Å². The van der Waals surface area contributed by atoms with Crippen LogP contribution in [0.4, 0.5) is 20.2 Å². The molecule has 3 N–H and O–H groups in total. The predicted molar refractivity (Wildman–Crippen MR) is 69.5 cm³/mol. The standard InChI is InChI=1S/C13H19F2N3/c1-2-18-4-3-9(8-18)7-17-12-6-10(14)5-11(15)13(12)16/h5-6,9,17H,2-4,7-8,16H2,1H3. The fourth-order valence-corrected chi connectivity index (χ4v) is 2.35. The lowest BCUT2D eigenvalue weighted by molar-refractivity contribution is 0.345. The molecule has 1 unspecified atom stereocenters. The van der Waals surface area contributed by atoms with Crippen molar-refractivity contribution in [3.63, 3.8) is 0 Å². The second kappa shape index (κ2) is 5.52. The van der Waals surface area contributed by atoms with E-state index in [4.69, 9.17) is 5.73 Å². The van der Waals surface area contributed by atoms with E-state index in [1.54, 1.807) is 0 Å². The monoisotopic (exact) mass is 255 g/mol. The Hall–Kier alpha value is -1.36. The van der Waals surface area contributed by atoms with Crippen LogP contribution in [0.25, 0.3) is 0 Å². The maximum atomic E-state index is 13.2. The number of nitrogen functional groups attached to an aromatic ring is 1. The van der Waals surface area contributed by atoms with Crippen LogP contribution in [0, 0.1) is 17.6 Å². The van der Waals surface area contributed by atoms with Crippen molar-refractivity contribution in [1.29, 1.82) is 0 Å². The molecule has 5 heteroatoms. The van der Waals surface area contributed by atoms with Gasteiger partial charge in [-0.3, -0.25) is 0 Å². The van der Waals surface area contributed by atoms with E-state index in [2.05, 4.69) is 17.1 Å². The lowest BCUT2D eigenvalue weighted by Gasteiger charge is -2.15. The van der Waals surface area contributed by atoms with Crippen LogP contribution in [0.2, 0.25) is 0 Å². The number of anilines is 2. The third-order valence-corrected chi connectivity index (χ3v) is 3.49. The number of hydrogen-bond donors (Lipinski definition) is 2. The Kier molecular flexibility index (Phi) is 4.01. The summed E-state index contributed by atoms with van der Waals surface area (Å²) in [5.41, 5.74) is 5.91. The second-order valence-corrected chi connectivity index (χ2v) is 4.78. The van der Waals surface area contributed by atoms with Gasteiger partial charge in [-0.05, 0) is 31.5 Å². The Balaban J connectivity index is 1.94. The molecule has 1 aromatic carbocycles. The van der Waals surface area contributed by atoms with Crippen molar-refractivity contribution in [3.05, 3.63) is 23.8 Å². The van der Waals surface area contributed by atoms with E-state index in [-0.39, 0.29) is 5.69 Å².